The van der Waals surface area contributed by atoms with Crippen molar-refractivity contribution in [3.8, 4) is 0 Å². The Morgan fingerprint density at radius 3 is 2.76 bits per heavy atom. The topological polar surface area (TPSA) is 55.1 Å². The Balaban J connectivity index is 1.70. The highest BCUT2D eigenvalue weighted by Gasteiger charge is 2.07. The van der Waals surface area contributed by atoms with Crippen LogP contribution in [0.25, 0.3) is 5.65 Å². The van der Waals surface area contributed by atoms with Gasteiger partial charge < -0.3 is 5.32 Å². The summed E-state index contributed by atoms with van der Waals surface area (Å²) in [4.78, 5) is 4.35. The molecular formula is C16H19N5. The first-order valence-electron chi connectivity index (χ1n) is 7.11. The molecule has 21 heavy (non-hydrogen) atoms. The first-order chi connectivity index (χ1) is 10.1. The second-order valence-corrected chi connectivity index (χ2v) is 5.31. The lowest BCUT2D eigenvalue weighted by molar-refractivity contribution is 0.985. The molecule has 5 nitrogen and oxygen atoms in total. The van der Waals surface area contributed by atoms with Crippen molar-refractivity contribution >= 4 is 11.5 Å². The number of aromatic nitrogens is 4. The highest BCUT2D eigenvalue weighted by atomic mass is 15.3. The number of hydrogen-bond acceptors (Lipinski definition) is 4. The molecule has 2 aromatic heterocycles. The van der Waals surface area contributed by atoms with Gasteiger partial charge >= 0.3 is 0 Å². The van der Waals surface area contributed by atoms with Gasteiger partial charge in [-0.15, -0.1) is 10.2 Å². The largest absolute Gasteiger partial charge is 0.367 e. The van der Waals surface area contributed by atoms with Crippen LogP contribution in [0.2, 0.25) is 0 Å². The Morgan fingerprint density at radius 1 is 1.10 bits per heavy atom. The van der Waals surface area contributed by atoms with Crippen molar-refractivity contribution in [3.05, 3.63) is 53.1 Å². The van der Waals surface area contributed by atoms with Crippen LogP contribution in [0.15, 0.2) is 30.6 Å². The van der Waals surface area contributed by atoms with Crippen molar-refractivity contribution in [2.45, 2.75) is 27.2 Å². The molecule has 1 N–H and O–H groups in total. The number of anilines is 1. The summed E-state index contributed by atoms with van der Waals surface area (Å²) in [5.41, 5.74) is 4.77. The van der Waals surface area contributed by atoms with Crippen LogP contribution in [0.4, 0.5) is 5.82 Å². The minimum Gasteiger partial charge on any atom is -0.367 e. The van der Waals surface area contributed by atoms with E-state index in [4.69, 9.17) is 0 Å². The summed E-state index contributed by atoms with van der Waals surface area (Å²) in [6.45, 7) is 7.03. The lowest BCUT2D eigenvalue weighted by Gasteiger charge is -2.08. The Kier molecular flexibility index (Phi) is 3.56. The van der Waals surface area contributed by atoms with E-state index in [1.165, 1.54) is 16.7 Å². The number of fused-ring (bicyclic) bond motifs is 1. The molecule has 0 saturated carbocycles. The summed E-state index contributed by atoms with van der Waals surface area (Å²) in [5.74, 6) is 1.64. The van der Waals surface area contributed by atoms with Gasteiger partial charge in [0.25, 0.3) is 0 Å². The summed E-state index contributed by atoms with van der Waals surface area (Å²) in [6, 6.07) is 6.59. The molecule has 0 saturated heterocycles. The summed E-state index contributed by atoms with van der Waals surface area (Å²) in [5, 5.41) is 11.6. The zero-order valence-corrected chi connectivity index (χ0v) is 12.6. The van der Waals surface area contributed by atoms with Gasteiger partial charge in [-0.25, -0.2) is 4.98 Å². The highest BCUT2D eigenvalue weighted by Crippen LogP contribution is 2.13. The van der Waals surface area contributed by atoms with Crippen molar-refractivity contribution in [3.63, 3.8) is 0 Å². The predicted octanol–water partition coefficient (Wildman–Crippen LogP) is 2.70. The van der Waals surface area contributed by atoms with Crippen molar-refractivity contribution < 1.29 is 0 Å². The summed E-state index contributed by atoms with van der Waals surface area (Å²) < 4.78 is 1.94. The molecule has 0 unspecified atom stereocenters. The van der Waals surface area contributed by atoms with Crippen molar-refractivity contribution in [2.24, 2.45) is 0 Å². The van der Waals surface area contributed by atoms with E-state index in [1.807, 2.05) is 17.5 Å². The minimum atomic E-state index is 0.773. The number of benzene rings is 1. The second-order valence-electron chi connectivity index (χ2n) is 5.31. The minimum absolute atomic E-state index is 0.773. The SMILES string of the molecule is Cc1ccc(CCNc2nccn3c(C)nnc23)cc1C. The van der Waals surface area contributed by atoms with Gasteiger partial charge in [-0.2, -0.15) is 0 Å². The Labute approximate surface area is 124 Å². The normalized spacial score (nSPS) is 11.0. The van der Waals surface area contributed by atoms with E-state index in [-0.39, 0.29) is 0 Å². The van der Waals surface area contributed by atoms with E-state index in [0.717, 1.165) is 30.3 Å². The van der Waals surface area contributed by atoms with E-state index >= 15 is 0 Å². The third-order valence-electron chi connectivity index (χ3n) is 3.77. The fourth-order valence-corrected chi connectivity index (χ4v) is 2.35. The van der Waals surface area contributed by atoms with Crippen molar-refractivity contribution in [1.29, 1.82) is 0 Å². The van der Waals surface area contributed by atoms with Crippen LogP contribution >= 0.6 is 0 Å². The zero-order valence-electron chi connectivity index (χ0n) is 12.6. The van der Waals surface area contributed by atoms with Gasteiger partial charge in [0.1, 0.15) is 5.82 Å². The van der Waals surface area contributed by atoms with Crippen LogP contribution < -0.4 is 5.32 Å². The molecule has 0 aliphatic heterocycles. The van der Waals surface area contributed by atoms with Crippen LogP contribution in [0.3, 0.4) is 0 Å². The van der Waals surface area contributed by atoms with Gasteiger partial charge in [0.05, 0.1) is 0 Å². The van der Waals surface area contributed by atoms with Crippen LogP contribution in [0, 0.1) is 20.8 Å². The standard InChI is InChI=1S/C16H19N5/c1-11-4-5-14(10-12(11)2)6-7-17-15-16-20-19-13(3)21(16)9-8-18-15/h4-5,8-10H,6-7H2,1-3H3,(H,17,18). The summed E-state index contributed by atoms with van der Waals surface area (Å²) in [7, 11) is 0. The molecule has 0 radical (unpaired) electrons. The van der Waals surface area contributed by atoms with E-state index in [2.05, 4.69) is 52.5 Å². The quantitative estimate of drug-likeness (QED) is 0.799. The van der Waals surface area contributed by atoms with Crippen LogP contribution in [0.1, 0.15) is 22.5 Å². The van der Waals surface area contributed by atoms with Gasteiger partial charge in [0.2, 0.25) is 5.65 Å². The van der Waals surface area contributed by atoms with Crippen molar-refractivity contribution in [2.75, 3.05) is 11.9 Å². The zero-order chi connectivity index (χ0) is 14.8. The lowest BCUT2D eigenvalue weighted by atomic mass is 10.0. The maximum absolute atomic E-state index is 4.35. The molecule has 0 bridgehead atoms. The third kappa shape index (κ3) is 2.72. The first kappa shape index (κ1) is 13.5. The number of nitrogens with one attached hydrogen (secondary N) is 1. The van der Waals surface area contributed by atoms with Gasteiger partial charge in [0.15, 0.2) is 5.82 Å². The van der Waals surface area contributed by atoms with E-state index in [1.54, 1.807) is 6.20 Å². The number of rotatable bonds is 4. The number of nitrogens with zero attached hydrogens (tertiary/aromatic N) is 4. The van der Waals surface area contributed by atoms with Crippen LogP contribution in [-0.4, -0.2) is 26.1 Å². The number of aryl methyl sites for hydroxylation is 3. The average Bonchev–Trinajstić information content (AvgIpc) is 2.86. The number of hydrogen-bond donors (Lipinski definition) is 1. The Morgan fingerprint density at radius 2 is 1.95 bits per heavy atom. The van der Waals surface area contributed by atoms with Crippen molar-refractivity contribution in [1.82, 2.24) is 19.6 Å². The molecule has 0 spiro atoms. The van der Waals surface area contributed by atoms with Crippen LogP contribution in [-0.2, 0) is 6.42 Å². The van der Waals surface area contributed by atoms with Gasteiger partial charge in [-0.1, -0.05) is 18.2 Å². The predicted molar refractivity (Wildman–Crippen MR) is 83.6 cm³/mol. The molecule has 0 fully saturated rings. The summed E-state index contributed by atoms with van der Waals surface area (Å²) >= 11 is 0. The van der Waals surface area contributed by atoms with Gasteiger partial charge in [-0.05, 0) is 43.9 Å². The lowest BCUT2D eigenvalue weighted by Crippen LogP contribution is -2.08. The Bertz CT molecular complexity index is 775. The Hall–Kier alpha value is -2.43. The maximum Gasteiger partial charge on any atom is 0.203 e. The van der Waals surface area contributed by atoms with Crippen LogP contribution in [0.5, 0.6) is 0 Å². The molecule has 3 aromatic rings. The molecule has 108 valence electrons. The molecule has 0 amide bonds. The molecule has 3 rings (SSSR count). The first-order valence-corrected chi connectivity index (χ1v) is 7.11. The molecule has 2 heterocycles. The van der Waals surface area contributed by atoms with Gasteiger partial charge in [-0.3, -0.25) is 4.40 Å². The maximum atomic E-state index is 4.35. The van der Waals surface area contributed by atoms with E-state index in [9.17, 15) is 0 Å². The third-order valence-corrected chi connectivity index (χ3v) is 3.77. The van der Waals surface area contributed by atoms with E-state index < -0.39 is 0 Å². The average molecular weight is 281 g/mol. The second kappa shape index (κ2) is 5.52. The summed E-state index contributed by atoms with van der Waals surface area (Å²) in [6.07, 6.45) is 4.60. The molecule has 0 aliphatic carbocycles. The highest BCUT2D eigenvalue weighted by molar-refractivity contribution is 5.61. The van der Waals surface area contributed by atoms with E-state index in [0.29, 0.717) is 0 Å². The molecule has 5 heteroatoms. The molecule has 0 aliphatic rings. The molecular weight excluding hydrogens is 262 g/mol. The molecule has 1 aromatic carbocycles. The fraction of sp³-hybridized carbons (Fsp3) is 0.312. The molecule has 0 atom stereocenters. The van der Waals surface area contributed by atoms with Gasteiger partial charge in [0, 0.05) is 18.9 Å². The fourth-order valence-electron chi connectivity index (χ4n) is 2.35. The smallest absolute Gasteiger partial charge is 0.203 e. The monoisotopic (exact) mass is 281 g/mol.